The van der Waals surface area contributed by atoms with Crippen LogP contribution in [-0.4, -0.2) is 24.5 Å². The Hall–Kier alpha value is -2.36. The standard InChI is InChI=1S/C18H20FNO2/c1-4-22-16-9-6-14(7-10-16)12-20(3)18(21)15-8-5-13(2)17(19)11-15/h5-11H,4,12H2,1-3H3. The van der Waals surface area contributed by atoms with E-state index in [0.717, 1.165) is 11.3 Å². The Morgan fingerprint density at radius 1 is 1.18 bits per heavy atom. The van der Waals surface area contributed by atoms with Crippen molar-refractivity contribution in [3.8, 4) is 5.75 Å². The van der Waals surface area contributed by atoms with Crippen LogP contribution in [0.2, 0.25) is 0 Å². The van der Waals surface area contributed by atoms with Crippen molar-refractivity contribution in [3.63, 3.8) is 0 Å². The third-order valence-electron chi connectivity index (χ3n) is 3.42. The van der Waals surface area contributed by atoms with Gasteiger partial charge in [-0.05, 0) is 49.2 Å². The normalized spacial score (nSPS) is 10.4. The summed E-state index contributed by atoms with van der Waals surface area (Å²) in [5.41, 5.74) is 1.88. The molecule has 0 radical (unpaired) electrons. The molecule has 0 aliphatic carbocycles. The molecule has 0 unspecified atom stereocenters. The SMILES string of the molecule is CCOc1ccc(CN(C)C(=O)c2ccc(C)c(F)c2)cc1. The summed E-state index contributed by atoms with van der Waals surface area (Å²) >= 11 is 0. The third kappa shape index (κ3) is 3.85. The van der Waals surface area contributed by atoms with Gasteiger partial charge >= 0.3 is 0 Å². The van der Waals surface area contributed by atoms with Gasteiger partial charge in [0.1, 0.15) is 11.6 Å². The van der Waals surface area contributed by atoms with Crippen LogP contribution in [0.15, 0.2) is 42.5 Å². The van der Waals surface area contributed by atoms with E-state index in [9.17, 15) is 9.18 Å². The Balaban J connectivity index is 2.05. The summed E-state index contributed by atoms with van der Waals surface area (Å²) in [6.07, 6.45) is 0. The Morgan fingerprint density at radius 3 is 2.45 bits per heavy atom. The fraction of sp³-hybridized carbons (Fsp3) is 0.278. The Morgan fingerprint density at radius 2 is 1.86 bits per heavy atom. The number of carbonyl (C=O) groups is 1. The summed E-state index contributed by atoms with van der Waals surface area (Å²) in [6, 6.07) is 12.1. The van der Waals surface area contributed by atoms with Crippen molar-refractivity contribution in [1.29, 1.82) is 0 Å². The van der Waals surface area contributed by atoms with Crippen LogP contribution < -0.4 is 4.74 Å². The van der Waals surface area contributed by atoms with Crippen LogP contribution >= 0.6 is 0 Å². The maximum Gasteiger partial charge on any atom is 0.253 e. The Labute approximate surface area is 130 Å². The first-order chi connectivity index (χ1) is 10.5. The molecule has 1 amide bonds. The van der Waals surface area contributed by atoms with Gasteiger partial charge in [0.2, 0.25) is 0 Å². The number of aryl methyl sites for hydroxylation is 1. The molecule has 0 fully saturated rings. The van der Waals surface area contributed by atoms with Crippen molar-refractivity contribution in [2.75, 3.05) is 13.7 Å². The number of carbonyl (C=O) groups excluding carboxylic acids is 1. The number of hydrogen-bond donors (Lipinski definition) is 0. The molecule has 0 heterocycles. The first kappa shape index (κ1) is 16.0. The molecule has 2 aromatic carbocycles. The maximum atomic E-state index is 13.6. The lowest BCUT2D eigenvalue weighted by molar-refractivity contribution is 0.0784. The molecule has 116 valence electrons. The number of nitrogens with zero attached hydrogens (tertiary/aromatic N) is 1. The molecule has 0 saturated carbocycles. The topological polar surface area (TPSA) is 29.5 Å². The van der Waals surface area contributed by atoms with Crippen LogP contribution in [0, 0.1) is 12.7 Å². The van der Waals surface area contributed by atoms with E-state index in [0.29, 0.717) is 24.3 Å². The monoisotopic (exact) mass is 301 g/mol. The predicted molar refractivity (Wildman–Crippen MR) is 84.5 cm³/mol. The zero-order chi connectivity index (χ0) is 16.1. The molecule has 0 saturated heterocycles. The molecule has 2 aromatic rings. The smallest absolute Gasteiger partial charge is 0.253 e. The maximum absolute atomic E-state index is 13.6. The second-order valence-corrected chi connectivity index (χ2v) is 5.20. The minimum atomic E-state index is -0.361. The van der Waals surface area contributed by atoms with Gasteiger partial charge in [-0.2, -0.15) is 0 Å². The fourth-order valence-electron chi connectivity index (χ4n) is 2.15. The summed E-state index contributed by atoms with van der Waals surface area (Å²) in [6.45, 7) is 4.69. The van der Waals surface area contributed by atoms with Gasteiger partial charge in [-0.15, -0.1) is 0 Å². The van der Waals surface area contributed by atoms with Gasteiger partial charge in [0.15, 0.2) is 0 Å². The molecular weight excluding hydrogens is 281 g/mol. The highest BCUT2D eigenvalue weighted by Crippen LogP contribution is 2.15. The molecule has 0 aliphatic rings. The largest absolute Gasteiger partial charge is 0.494 e. The molecule has 4 heteroatoms. The van der Waals surface area contributed by atoms with Crippen LogP contribution in [0.3, 0.4) is 0 Å². The second kappa shape index (κ2) is 7.07. The van der Waals surface area contributed by atoms with Gasteiger partial charge in [0.25, 0.3) is 5.91 Å². The average molecular weight is 301 g/mol. The van der Waals surface area contributed by atoms with E-state index >= 15 is 0 Å². The lowest BCUT2D eigenvalue weighted by Gasteiger charge is -2.18. The number of ether oxygens (including phenoxy) is 1. The van der Waals surface area contributed by atoms with Crippen LogP contribution in [0.25, 0.3) is 0 Å². The number of halogens is 1. The molecular formula is C18H20FNO2. The highest BCUT2D eigenvalue weighted by Gasteiger charge is 2.13. The lowest BCUT2D eigenvalue weighted by atomic mass is 10.1. The molecule has 0 aliphatic heterocycles. The summed E-state index contributed by atoms with van der Waals surface area (Å²) in [7, 11) is 1.70. The summed E-state index contributed by atoms with van der Waals surface area (Å²) in [5, 5.41) is 0. The summed E-state index contributed by atoms with van der Waals surface area (Å²) in [5.74, 6) is 0.244. The van der Waals surface area contributed by atoms with Crippen molar-refractivity contribution < 1.29 is 13.9 Å². The van der Waals surface area contributed by atoms with E-state index in [1.807, 2.05) is 31.2 Å². The molecule has 0 aromatic heterocycles. The highest BCUT2D eigenvalue weighted by molar-refractivity contribution is 5.94. The van der Waals surface area contributed by atoms with Crippen molar-refractivity contribution in [2.24, 2.45) is 0 Å². The van der Waals surface area contributed by atoms with E-state index in [2.05, 4.69) is 0 Å². The van der Waals surface area contributed by atoms with Crippen LogP contribution in [0.5, 0.6) is 5.75 Å². The second-order valence-electron chi connectivity index (χ2n) is 5.20. The van der Waals surface area contributed by atoms with Crippen molar-refractivity contribution in [2.45, 2.75) is 20.4 Å². The van der Waals surface area contributed by atoms with E-state index in [1.54, 1.807) is 31.0 Å². The van der Waals surface area contributed by atoms with Crippen molar-refractivity contribution in [3.05, 3.63) is 65.0 Å². The summed E-state index contributed by atoms with van der Waals surface area (Å²) in [4.78, 5) is 13.9. The van der Waals surface area contributed by atoms with Gasteiger partial charge in [-0.25, -0.2) is 4.39 Å². The summed E-state index contributed by atoms with van der Waals surface area (Å²) < 4.78 is 18.9. The van der Waals surface area contributed by atoms with Crippen molar-refractivity contribution >= 4 is 5.91 Å². The van der Waals surface area contributed by atoms with Crippen LogP contribution in [0.4, 0.5) is 4.39 Å². The molecule has 0 N–H and O–H groups in total. The van der Waals surface area contributed by atoms with Crippen molar-refractivity contribution in [1.82, 2.24) is 4.90 Å². The fourth-order valence-corrected chi connectivity index (χ4v) is 2.15. The van der Waals surface area contributed by atoms with Gasteiger partial charge in [0, 0.05) is 19.2 Å². The number of hydrogen-bond acceptors (Lipinski definition) is 2. The quantitative estimate of drug-likeness (QED) is 0.840. The third-order valence-corrected chi connectivity index (χ3v) is 3.42. The van der Waals surface area contributed by atoms with E-state index < -0.39 is 0 Å². The molecule has 22 heavy (non-hydrogen) atoms. The Bertz CT molecular complexity index is 653. The number of rotatable bonds is 5. The van der Waals surface area contributed by atoms with Gasteiger partial charge in [-0.3, -0.25) is 4.79 Å². The van der Waals surface area contributed by atoms with Gasteiger partial charge < -0.3 is 9.64 Å². The molecule has 3 nitrogen and oxygen atoms in total. The van der Waals surface area contributed by atoms with Crippen LogP contribution in [0.1, 0.15) is 28.4 Å². The first-order valence-electron chi connectivity index (χ1n) is 7.24. The minimum absolute atomic E-state index is 0.201. The van der Waals surface area contributed by atoms with E-state index in [4.69, 9.17) is 4.74 Å². The molecule has 0 bridgehead atoms. The van der Waals surface area contributed by atoms with Gasteiger partial charge in [-0.1, -0.05) is 18.2 Å². The first-order valence-corrected chi connectivity index (χ1v) is 7.24. The zero-order valence-electron chi connectivity index (χ0n) is 13.1. The van der Waals surface area contributed by atoms with E-state index in [-0.39, 0.29) is 11.7 Å². The van der Waals surface area contributed by atoms with Gasteiger partial charge in [0.05, 0.1) is 6.61 Å². The predicted octanol–water partition coefficient (Wildman–Crippen LogP) is 3.81. The molecule has 2 rings (SSSR count). The minimum Gasteiger partial charge on any atom is -0.494 e. The van der Waals surface area contributed by atoms with Crippen LogP contribution in [-0.2, 0) is 6.54 Å². The Kier molecular flexibility index (Phi) is 5.15. The lowest BCUT2D eigenvalue weighted by Crippen LogP contribution is -2.26. The highest BCUT2D eigenvalue weighted by atomic mass is 19.1. The molecule has 0 atom stereocenters. The average Bonchev–Trinajstić information content (AvgIpc) is 2.51. The molecule has 0 spiro atoms. The number of benzene rings is 2. The van der Waals surface area contributed by atoms with E-state index in [1.165, 1.54) is 6.07 Å². The zero-order valence-corrected chi connectivity index (χ0v) is 13.1. The number of amides is 1.